The van der Waals surface area contributed by atoms with Crippen LogP contribution in [-0.2, 0) is 6.42 Å². The molecule has 0 amide bonds. The molecule has 0 radical (unpaired) electrons. The molecule has 0 unspecified atom stereocenters. The number of rotatable bonds is 5. The Morgan fingerprint density at radius 2 is 2.33 bits per heavy atom. The first-order chi connectivity index (χ1) is 10.0. The van der Waals surface area contributed by atoms with Gasteiger partial charge in [-0.1, -0.05) is 24.6 Å². The molecule has 10 heteroatoms. The van der Waals surface area contributed by atoms with Crippen molar-refractivity contribution in [2.75, 3.05) is 11.3 Å². The Bertz CT molecular complexity index is 698. The van der Waals surface area contributed by atoms with E-state index in [-0.39, 0.29) is 16.7 Å². The van der Waals surface area contributed by atoms with Gasteiger partial charge < -0.3 is 5.84 Å². The number of aromatic nitrogens is 3. The molecule has 1 aromatic carbocycles. The van der Waals surface area contributed by atoms with E-state index in [1.807, 2.05) is 6.92 Å². The van der Waals surface area contributed by atoms with E-state index in [4.69, 9.17) is 17.4 Å². The summed E-state index contributed by atoms with van der Waals surface area (Å²) in [6.07, 6.45) is 2.03. The van der Waals surface area contributed by atoms with Crippen LogP contribution in [0, 0.1) is 10.1 Å². The molecule has 0 aliphatic rings. The Balaban J connectivity index is 2.12. The molecule has 0 atom stereocenters. The number of nitrogens with one attached hydrogen (secondary N) is 1. The van der Waals surface area contributed by atoms with Crippen molar-refractivity contribution in [2.45, 2.75) is 13.3 Å². The number of nitro benzene ring substituents is 1. The number of nitrogens with zero attached hydrogens (tertiary/aromatic N) is 5. The molecule has 2 aromatic rings. The zero-order chi connectivity index (χ0) is 15.4. The molecule has 0 saturated carbocycles. The maximum absolute atomic E-state index is 10.8. The highest BCUT2D eigenvalue weighted by Gasteiger charge is 2.12. The van der Waals surface area contributed by atoms with Crippen LogP contribution in [0.4, 0.5) is 11.6 Å². The van der Waals surface area contributed by atoms with Crippen molar-refractivity contribution >= 4 is 29.5 Å². The molecule has 9 nitrogen and oxygen atoms in total. The molecule has 1 aromatic heterocycles. The minimum absolute atomic E-state index is 0.0689. The van der Waals surface area contributed by atoms with Crippen molar-refractivity contribution in [3.8, 4) is 0 Å². The van der Waals surface area contributed by atoms with Gasteiger partial charge >= 0.3 is 0 Å². The molecule has 3 N–H and O–H groups in total. The van der Waals surface area contributed by atoms with Crippen molar-refractivity contribution in [2.24, 2.45) is 5.10 Å². The van der Waals surface area contributed by atoms with Crippen molar-refractivity contribution in [1.29, 1.82) is 0 Å². The third kappa shape index (κ3) is 3.26. The molecule has 0 aliphatic carbocycles. The van der Waals surface area contributed by atoms with Crippen LogP contribution in [0.1, 0.15) is 18.3 Å². The molecule has 110 valence electrons. The normalized spacial score (nSPS) is 11.0. The summed E-state index contributed by atoms with van der Waals surface area (Å²) >= 11 is 5.72. The lowest BCUT2D eigenvalue weighted by atomic mass is 10.2. The molecule has 2 rings (SSSR count). The van der Waals surface area contributed by atoms with Gasteiger partial charge in [-0.25, -0.2) is 10.1 Å². The quantitative estimate of drug-likeness (QED) is 0.374. The summed E-state index contributed by atoms with van der Waals surface area (Å²) in [4.78, 5) is 10.2. The Morgan fingerprint density at radius 3 is 2.95 bits per heavy atom. The zero-order valence-corrected chi connectivity index (χ0v) is 11.8. The van der Waals surface area contributed by atoms with Crippen molar-refractivity contribution in [3.05, 3.63) is 44.7 Å². The topological polar surface area (TPSA) is 124 Å². The van der Waals surface area contributed by atoms with Crippen molar-refractivity contribution in [3.63, 3.8) is 0 Å². The van der Waals surface area contributed by atoms with Gasteiger partial charge in [0.05, 0.1) is 11.1 Å². The summed E-state index contributed by atoms with van der Waals surface area (Å²) < 4.78 is 1.28. The summed E-state index contributed by atoms with van der Waals surface area (Å²) in [5.41, 5.74) is 2.94. The van der Waals surface area contributed by atoms with Crippen LogP contribution in [0.2, 0.25) is 5.02 Å². The number of benzene rings is 1. The van der Waals surface area contributed by atoms with Gasteiger partial charge in [-0.2, -0.15) is 5.10 Å². The molecule has 21 heavy (non-hydrogen) atoms. The zero-order valence-electron chi connectivity index (χ0n) is 11.0. The molecule has 1 heterocycles. The lowest BCUT2D eigenvalue weighted by molar-refractivity contribution is -0.384. The first kappa shape index (κ1) is 14.7. The van der Waals surface area contributed by atoms with Crippen LogP contribution in [0.25, 0.3) is 0 Å². The first-order valence-electron chi connectivity index (χ1n) is 5.95. The van der Waals surface area contributed by atoms with Gasteiger partial charge in [0.25, 0.3) is 11.6 Å². The first-order valence-corrected chi connectivity index (χ1v) is 6.33. The molecule has 0 fully saturated rings. The van der Waals surface area contributed by atoms with Gasteiger partial charge in [0.1, 0.15) is 5.02 Å². The number of anilines is 1. The molecule has 0 bridgehead atoms. The SMILES string of the molecule is CCc1nnc(N/N=C/c2ccc(Cl)c([N+](=O)[O-])c2)n1N. The second-order valence-electron chi connectivity index (χ2n) is 4.00. The third-order valence-electron chi connectivity index (χ3n) is 2.63. The monoisotopic (exact) mass is 309 g/mol. The molecular formula is C11H12ClN7O2. The van der Waals surface area contributed by atoms with Gasteiger partial charge in [-0.15, -0.1) is 10.2 Å². The van der Waals surface area contributed by atoms with Gasteiger partial charge in [0.15, 0.2) is 5.82 Å². The minimum Gasteiger partial charge on any atom is -0.335 e. The molecule has 0 spiro atoms. The Labute approximate surface area is 124 Å². The van der Waals surface area contributed by atoms with E-state index in [1.165, 1.54) is 23.0 Å². The van der Waals surface area contributed by atoms with Gasteiger partial charge in [-0.05, 0) is 6.07 Å². The lowest BCUT2D eigenvalue weighted by Crippen LogP contribution is -2.14. The van der Waals surface area contributed by atoms with Crippen LogP contribution in [0.3, 0.4) is 0 Å². The second kappa shape index (κ2) is 6.18. The van der Waals surface area contributed by atoms with Crippen LogP contribution in [-0.4, -0.2) is 26.0 Å². The number of nitrogen functional groups attached to an aromatic ring is 1. The van der Waals surface area contributed by atoms with E-state index in [9.17, 15) is 10.1 Å². The number of nitro groups is 1. The van der Waals surface area contributed by atoms with E-state index in [0.29, 0.717) is 17.8 Å². The molecular weight excluding hydrogens is 298 g/mol. The highest BCUT2D eigenvalue weighted by atomic mass is 35.5. The Hall–Kier alpha value is -2.68. The number of aryl methyl sites for hydroxylation is 1. The summed E-state index contributed by atoms with van der Waals surface area (Å²) in [6.45, 7) is 1.90. The average molecular weight is 310 g/mol. The summed E-state index contributed by atoms with van der Waals surface area (Å²) in [5, 5.41) is 22.4. The summed E-state index contributed by atoms with van der Waals surface area (Å²) in [7, 11) is 0. The fraction of sp³-hybridized carbons (Fsp3) is 0.182. The number of nitrogens with two attached hydrogens (primary N) is 1. The second-order valence-corrected chi connectivity index (χ2v) is 4.41. The summed E-state index contributed by atoms with van der Waals surface area (Å²) in [5.74, 6) is 6.60. The van der Waals surface area contributed by atoms with E-state index in [2.05, 4.69) is 20.7 Å². The summed E-state index contributed by atoms with van der Waals surface area (Å²) in [6, 6.07) is 4.35. The fourth-order valence-electron chi connectivity index (χ4n) is 1.56. The van der Waals surface area contributed by atoms with Gasteiger partial charge in [0, 0.05) is 18.1 Å². The van der Waals surface area contributed by atoms with E-state index in [0.717, 1.165) is 0 Å². The highest BCUT2D eigenvalue weighted by molar-refractivity contribution is 6.32. The van der Waals surface area contributed by atoms with E-state index < -0.39 is 4.92 Å². The smallest absolute Gasteiger partial charge is 0.288 e. The number of hydrogen-bond acceptors (Lipinski definition) is 7. The van der Waals surface area contributed by atoms with Crippen molar-refractivity contribution < 1.29 is 4.92 Å². The maximum atomic E-state index is 10.8. The lowest BCUT2D eigenvalue weighted by Gasteiger charge is -2.00. The highest BCUT2D eigenvalue weighted by Crippen LogP contribution is 2.24. The van der Waals surface area contributed by atoms with Gasteiger partial charge in [0.2, 0.25) is 0 Å². The van der Waals surface area contributed by atoms with Crippen LogP contribution < -0.4 is 11.3 Å². The van der Waals surface area contributed by atoms with E-state index >= 15 is 0 Å². The van der Waals surface area contributed by atoms with Crippen LogP contribution >= 0.6 is 11.6 Å². The molecule has 0 saturated heterocycles. The van der Waals surface area contributed by atoms with Crippen LogP contribution in [0.5, 0.6) is 0 Å². The maximum Gasteiger partial charge on any atom is 0.288 e. The van der Waals surface area contributed by atoms with E-state index in [1.54, 1.807) is 6.07 Å². The number of halogens is 1. The van der Waals surface area contributed by atoms with Gasteiger partial charge in [-0.3, -0.25) is 10.1 Å². The third-order valence-corrected chi connectivity index (χ3v) is 2.95. The largest absolute Gasteiger partial charge is 0.335 e. The predicted molar refractivity (Wildman–Crippen MR) is 78.9 cm³/mol. The fourth-order valence-corrected chi connectivity index (χ4v) is 1.74. The predicted octanol–water partition coefficient (Wildman–Crippen LogP) is 1.56. The number of hydrazone groups is 1. The number of hydrogen-bond donors (Lipinski definition) is 2. The standard InChI is InChI=1S/C11H12ClN7O2/c1-2-10-15-17-11(18(10)13)16-14-6-7-3-4-8(12)9(5-7)19(20)21/h3-6H,2,13H2,1H3,(H,16,17)/b14-6+. The van der Waals surface area contributed by atoms with Crippen molar-refractivity contribution in [1.82, 2.24) is 14.9 Å². The van der Waals surface area contributed by atoms with Crippen LogP contribution in [0.15, 0.2) is 23.3 Å². The Morgan fingerprint density at radius 1 is 1.57 bits per heavy atom. The Kier molecular flexibility index (Phi) is 4.33. The average Bonchev–Trinajstić information content (AvgIpc) is 2.81. The molecule has 0 aliphatic heterocycles. The minimum atomic E-state index is -0.558.